The molecular formula is C13H20BrNOS. The van der Waals surface area contributed by atoms with E-state index in [1.165, 1.54) is 34.3 Å². The van der Waals surface area contributed by atoms with Gasteiger partial charge in [0.05, 0.1) is 16.5 Å². The highest BCUT2D eigenvalue weighted by atomic mass is 79.9. The number of rotatable bonds is 5. The van der Waals surface area contributed by atoms with Crippen LogP contribution in [0.15, 0.2) is 15.9 Å². The van der Waals surface area contributed by atoms with Crippen molar-refractivity contribution in [3.63, 3.8) is 0 Å². The maximum atomic E-state index is 5.97. The van der Waals surface area contributed by atoms with E-state index in [0.717, 1.165) is 19.2 Å². The normalized spacial score (nSPS) is 25.1. The first-order valence-electron chi connectivity index (χ1n) is 6.37. The molecule has 0 bridgehead atoms. The molecule has 1 aromatic rings. The van der Waals surface area contributed by atoms with Crippen LogP contribution in [0.4, 0.5) is 0 Å². The summed E-state index contributed by atoms with van der Waals surface area (Å²) in [7, 11) is 0. The molecule has 1 aliphatic rings. The lowest BCUT2D eigenvalue weighted by Gasteiger charge is -2.28. The number of thiophene rings is 1. The van der Waals surface area contributed by atoms with Gasteiger partial charge in [-0.05, 0) is 60.3 Å². The highest BCUT2D eigenvalue weighted by Crippen LogP contribution is 2.26. The van der Waals surface area contributed by atoms with Gasteiger partial charge in [-0.15, -0.1) is 11.3 Å². The van der Waals surface area contributed by atoms with Crippen molar-refractivity contribution in [2.75, 3.05) is 6.54 Å². The quantitative estimate of drug-likeness (QED) is 0.888. The van der Waals surface area contributed by atoms with Crippen molar-refractivity contribution in [2.45, 2.75) is 51.4 Å². The van der Waals surface area contributed by atoms with Gasteiger partial charge in [-0.25, -0.2) is 0 Å². The Morgan fingerprint density at radius 2 is 2.12 bits per heavy atom. The Morgan fingerprint density at radius 1 is 1.35 bits per heavy atom. The van der Waals surface area contributed by atoms with Crippen molar-refractivity contribution < 1.29 is 4.74 Å². The van der Waals surface area contributed by atoms with Crippen LogP contribution >= 0.6 is 27.3 Å². The van der Waals surface area contributed by atoms with Crippen molar-refractivity contribution in [1.82, 2.24) is 5.32 Å². The molecule has 1 heterocycles. The number of hydrogen-bond donors (Lipinski definition) is 1. The Kier molecular flexibility index (Phi) is 5.48. The number of ether oxygens (including phenoxy) is 1. The van der Waals surface area contributed by atoms with Gasteiger partial charge in [0.2, 0.25) is 0 Å². The van der Waals surface area contributed by atoms with Gasteiger partial charge in [-0.2, -0.15) is 0 Å². The molecule has 0 amide bonds. The summed E-state index contributed by atoms with van der Waals surface area (Å²) in [6.07, 6.45) is 5.37. The summed E-state index contributed by atoms with van der Waals surface area (Å²) in [4.78, 5) is 1.31. The minimum absolute atomic E-state index is 0.464. The number of hydrogen-bond acceptors (Lipinski definition) is 3. The maximum absolute atomic E-state index is 5.97. The lowest BCUT2D eigenvalue weighted by molar-refractivity contribution is 0.0127. The van der Waals surface area contributed by atoms with Crippen LogP contribution < -0.4 is 5.32 Å². The summed E-state index contributed by atoms with van der Waals surface area (Å²) in [5.74, 6) is 0. The maximum Gasteiger partial charge on any atom is 0.0813 e. The average Bonchev–Trinajstić information content (AvgIpc) is 2.75. The monoisotopic (exact) mass is 317 g/mol. The summed E-state index contributed by atoms with van der Waals surface area (Å²) in [5.41, 5.74) is 0. The molecule has 1 saturated carbocycles. The van der Waals surface area contributed by atoms with Crippen molar-refractivity contribution in [2.24, 2.45) is 0 Å². The second-order valence-corrected chi connectivity index (χ2v) is 7.10. The lowest BCUT2D eigenvalue weighted by Crippen LogP contribution is -2.35. The molecule has 1 N–H and O–H groups in total. The van der Waals surface area contributed by atoms with Gasteiger partial charge >= 0.3 is 0 Å². The van der Waals surface area contributed by atoms with E-state index in [9.17, 15) is 0 Å². The minimum atomic E-state index is 0.464. The van der Waals surface area contributed by atoms with Crippen LogP contribution in [0.3, 0.4) is 0 Å². The van der Waals surface area contributed by atoms with E-state index in [0.29, 0.717) is 6.10 Å². The molecule has 2 rings (SSSR count). The zero-order valence-electron chi connectivity index (χ0n) is 10.2. The first-order valence-corrected chi connectivity index (χ1v) is 7.98. The molecule has 0 radical (unpaired) electrons. The van der Waals surface area contributed by atoms with Crippen LogP contribution in [0.1, 0.15) is 37.5 Å². The van der Waals surface area contributed by atoms with E-state index in [1.807, 2.05) is 0 Å². The Labute approximate surface area is 116 Å². The van der Waals surface area contributed by atoms with Gasteiger partial charge in [0, 0.05) is 10.9 Å². The van der Waals surface area contributed by atoms with Crippen LogP contribution in [0, 0.1) is 0 Å². The standard InChI is InChI=1S/C13H20BrNOS/c1-2-15-10-3-5-11(6-4-10)16-9-12-7-8-13(14)17-12/h7-8,10-11,15H,2-6,9H2,1H3. The van der Waals surface area contributed by atoms with Crippen LogP contribution in [-0.2, 0) is 11.3 Å². The van der Waals surface area contributed by atoms with E-state index in [1.54, 1.807) is 11.3 Å². The highest BCUT2D eigenvalue weighted by molar-refractivity contribution is 9.11. The van der Waals surface area contributed by atoms with Crippen molar-refractivity contribution >= 4 is 27.3 Å². The predicted molar refractivity (Wildman–Crippen MR) is 76.5 cm³/mol. The summed E-state index contributed by atoms with van der Waals surface area (Å²) in [6.45, 7) is 4.03. The summed E-state index contributed by atoms with van der Waals surface area (Å²) in [5, 5.41) is 3.52. The van der Waals surface area contributed by atoms with Gasteiger partial charge < -0.3 is 10.1 Å². The molecule has 0 unspecified atom stereocenters. The first kappa shape index (κ1) is 13.5. The fourth-order valence-corrected chi connectivity index (χ4v) is 3.76. The zero-order valence-corrected chi connectivity index (χ0v) is 12.6. The third-order valence-electron chi connectivity index (χ3n) is 3.26. The fourth-order valence-electron chi connectivity index (χ4n) is 2.35. The van der Waals surface area contributed by atoms with Crippen molar-refractivity contribution in [3.8, 4) is 0 Å². The molecule has 0 aliphatic heterocycles. The Morgan fingerprint density at radius 3 is 2.71 bits per heavy atom. The minimum Gasteiger partial charge on any atom is -0.373 e. The van der Waals surface area contributed by atoms with E-state index in [2.05, 4.69) is 40.3 Å². The summed E-state index contributed by atoms with van der Waals surface area (Å²) >= 11 is 5.24. The van der Waals surface area contributed by atoms with E-state index >= 15 is 0 Å². The highest BCUT2D eigenvalue weighted by Gasteiger charge is 2.20. The Bertz CT molecular complexity index is 334. The van der Waals surface area contributed by atoms with E-state index in [-0.39, 0.29) is 0 Å². The Hall–Kier alpha value is 0.1000. The molecule has 0 atom stereocenters. The average molecular weight is 318 g/mol. The second-order valence-electron chi connectivity index (χ2n) is 4.55. The molecule has 2 nitrogen and oxygen atoms in total. The molecular weight excluding hydrogens is 298 g/mol. The lowest BCUT2D eigenvalue weighted by atomic mass is 9.93. The van der Waals surface area contributed by atoms with Gasteiger partial charge in [0.15, 0.2) is 0 Å². The van der Waals surface area contributed by atoms with Gasteiger partial charge in [0.1, 0.15) is 0 Å². The molecule has 4 heteroatoms. The first-order chi connectivity index (χ1) is 8.28. The van der Waals surface area contributed by atoms with Crippen LogP contribution in [0.5, 0.6) is 0 Å². The Balaban J connectivity index is 1.68. The predicted octanol–water partition coefficient (Wildman–Crippen LogP) is 3.95. The molecule has 1 fully saturated rings. The van der Waals surface area contributed by atoms with E-state index in [4.69, 9.17) is 4.74 Å². The van der Waals surface area contributed by atoms with Crippen LogP contribution in [0.25, 0.3) is 0 Å². The van der Waals surface area contributed by atoms with Gasteiger partial charge in [0.25, 0.3) is 0 Å². The van der Waals surface area contributed by atoms with Gasteiger partial charge in [-0.1, -0.05) is 6.92 Å². The number of halogens is 1. The molecule has 0 saturated heterocycles. The molecule has 0 spiro atoms. The van der Waals surface area contributed by atoms with Crippen LogP contribution in [0.2, 0.25) is 0 Å². The zero-order chi connectivity index (χ0) is 12.1. The third kappa shape index (κ3) is 4.36. The van der Waals surface area contributed by atoms with Gasteiger partial charge in [-0.3, -0.25) is 0 Å². The van der Waals surface area contributed by atoms with Crippen molar-refractivity contribution in [1.29, 1.82) is 0 Å². The SMILES string of the molecule is CCNC1CCC(OCc2ccc(Br)s2)CC1. The summed E-state index contributed by atoms with van der Waals surface area (Å²) < 4.78 is 7.16. The fraction of sp³-hybridized carbons (Fsp3) is 0.692. The smallest absolute Gasteiger partial charge is 0.0813 e. The summed E-state index contributed by atoms with van der Waals surface area (Å²) in [6, 6.07) is 4.94. The topological polar surface area (TPSA) is 21.3 Å². The molecule has 0 aromatic carbocycles. The van der Waals surface area contributed by atoms with Crippen molar-refractivity contribution in [3.05, 3.63) is 20.8 Å². The number of nitrogens with one attached hydrogen (secondary N) is 1. The largest absolute Gasteiger partial charge is 0.373 e. The molecule has 1 aromatic heterocycles. The second kappa shape index (κ2) is 6.88. The third-order valence-corrected chi connectivity index (χ3v) is 4.85. The van der Waals surface area contributed by atoms with E-state index < -0.39 is 0 Å². The molecule has 17 heavy (non-hydrogen) atoms. The van der Waals surface area contributed by atoms with Crippen LogP contribution in [-0.4, -0.2) is 18.7 Å². The molecule has 96 valence electrons. The molecule has 1 aliphatic carbocycles.